The molecule has 138 valence electrons. The summed E-state index contributed by atoms with van der Waals surface area (Å²) in [6.45, 7) is 5.25. The van der Waals surface area contributed by atoms with Gasteiger partial charge in [-0.1, -0.05) is 11.6 Å². The van der Waals surface area contributed by atoms with Crippen LogP contribution in [0.5, 0.6) is 0 Å². The van der Waals surface area contributed by atoms with Crippen molar-refractivity contribution in [1.82, 2.24) is 14.8 Å². The lowest BCUT2D eigenvalue weighted by atomic mass is 9.94. The number of primary amides is 1. The van der Waals surface area contributed by atoms with Gasteiger partial charge in [0.05, 0.1) is 12.5 Å². The lowest BCUT2D eigenvalue weighted by Crippen LogP contribution is -2.47. The molecule has 1 atom stereocenters. The minimum absolute atomic E-state index is 0.0309. The summed E-state index contributed by atoms with van der Waals surface area (Å²) in [4.78, 5) is 31.8. The van der Waals surface area contributed by atoms with Crippen LogP contribution in [-0.4, -0.2) is 52.8 Å². The number of H-pyrrole nitrogens is 1. The van der Waals surface area contributed by atoms with Gasteiger partial charge in [0.1, 0.15) is 0 Å². The summed E-state index contributed by atoms with van der Waals surface area (Å²) in [7, 11) is 0. The molecule has 6 nitrogen and oxygen atoms in total. The lowest BCUT2D eigenvalue weighted by Gasteiger charge is -2.35. The molecule has 3 heterocycles. The van der Waals surface area contributed by atoms with E-state index < -0.39 is 0 Å². The first kappa shape index (κ1) is 17.1. The molecule has 2 aliphatic rings. The topological polar surface area (TPSA) is 82.4 Å². The molecule has 0 unspecified atom stereocenters. The van der Waals surface area contributed by atoms with Crippen molar-refractivity contribution in [3.63, 3.8) is 0 Å². The highest BCUT2D eigenvalue weighted by Gasteiger charge is 2.32. The van der Waals surface area contributed by atoms with Gasteiger partial charge in [0.15, 0.2) is 0 Å². The Bertz CT molecular complexity index is 857. The summed E-state index contributed by atoms with van der Waals surface area (Å²) in [6, 6.07) is 6.44. The molecular formula is C20H26N4O2. The molecule has 1 fully saturated rings. The zero-order chi connectivity index (χ0) is 18.3. The standard InChI is InChI=1S/C20H26N4O2/c1-13-4-5-17-15(9-13)16-11-24(8-6-18(16)22-17)20(26)14-3-2-7-23(10-14)12-19(21)25/h4-5,9,14,22H,2-3,6-8,10-12H2,1H3,(H2,21,25)/t14-/m0/s1. The van der Waals surface area contributed by atoms with E-state index in [2.05, 4.69) is 30.1 Å². The SMILES string of the molecule is Cc1ccc2[nH]c3c(c2c1)CN(C(=O)[C@H]1CCCN(CC(N)=O)C1)CC3. The molecule has 2 amide bonds. The van der Waals surface area contributed by atoms with Crippen LogP contribution < -0.4 is 5.73 Å². The van der Waals surface area contributed by atoms with Crippen molar-refractivity contribution >= 4 is 22.7 Å². The van der Waals surface area contributed by atoms with E-state index >= 15 is 0 Å². The number of aromatic nitrogens is 1. The molecule has 0 bridgehead atoms. The summed E-state index contributed by atoms with van der Waals surface area (Å²) in [5.74, 6) is -0.140. The Labute approximate surface area is 153 Å². The number of aromatic amines is 1. The molecule has 4 rings (SSSR count). The zero-order valence-corrected chi connectivity index (χ0v) is 15.3. The summed E-state index contributed by atoms with van der Waals surface area (Å²) >= 11 is 0. The van der Waals surface area contributed by atoms with E-state index in [4.69, 9.17) is 5.73 Å². The number of aryl methyl sites for hydroxylation is 1. The van der Waals surface area contributed by atoms with E-state index in [-0.39, 0.29) is 24.3 Å². The van der Waals surface area contributed by atoms with E-state index in [1.54, 1.807) is 0 Å². The van der Waals surface area contributed by atoms with Crippen LogP contribution in [0.4, 0.5) is 0 Å². The maximum atomic E-state index is 13.1. The number of nitrogens with one attached hydrogen (secondary N) is 1. The number of piperidine rings is 1. The number of rotatable bonds is 3. The summed E-state index contributed by atoms with van der Waals surface area (Å²) < 4.78 is 0. The van der Waals surface area contributed by atoms with E-state index in [1.165, 1.54) is 22.2 Å². The van der Waals surface area contributed by atoms with E-state index in [0.29, 0.717) is 13.1 Å². The number of hydrogen-bond acceptors (Lipinski definition) is 3. The molecule has 0 aliphatic carbocycles. The van der Waals surface area contributed by atoms with Crippen LogP contribution in [0.25, 0.3) is 10.9 Å². The van der Waals surface area contributed by atoms with Gasteiger partial charge in [-0.15, -0.1) is 0 Å². The van der Waals surface area contributed by atoms with Crippen LogP contribution in [0.2, 0.25) is 0 Å². The monoisotopic (exact) mass is 354 g/mol. The third-order valence-electron chi connectivity index (χ3n) is 5.68. The third-order valence-corrected chi connectivity index (χ3v) is 5.68. The molecule has 1 aromatic carbocycles. The van der Waals surface area contributed by atoms with Crippen LogP contribution >= 0.6 is 0 Å². The number of nitrogens with two attached hydrogens (primary N) is 1. The average molecular weight is 354 g/mol. The average Bonchev–Trinajstić information content (AvgIpc) is 2.98. The van der Waals surface area contributed by atoms with Gasteiger partial charge in [0.2, 0.25) is 11.8 Å². The Morgan fingerprint density at radius 1 is 1.31 bits per heavy atom. The van der Waals surface area contributed by atoms with Gasteiger partial charge in [0.25, 0.3) is 0 Å². The van der Waals surface area contributed by atoms with Crippen LogP contribution in [-0.2, 0) is 22.6 Å². The van der Waals surface area contributed by atoms with E-state index in [1.807, 2.05) is 9.80 Å². The molecule has 6 heteroatoms. The first-order valence-corrected chi connectivity index (χ1v) is 9.41. The molecule has 0 spiro atoms. The Hall–Kier alpha value is -2.34. The van der Waals surface area contributed by atoms with E-state index in [0.717, 1.165) is 37.9 Å². The normalized spacial score (nSPS) is 21.0. The Morgan fingerprint density at radius 3 is 2.96 bits per heavy atom. The molecule has 1 saturated heterocycles. The van der Waals surface area contributed by atoms with E-state index in [9.17, 15) is 9.59 Å². The zero-order valence-electron chi connectivity index (χ0n) is 15.3. The highest BCUT2D eigenvalue weighted by Crippen LogP contribution is 2.30. The van der Waals surface area contributed by atoms with Crippen molar-refractivity contribution in [3.05, 3.63) is 35.0 Å². The summed E-state index contributed by atoms with van der Waals surface area (Å²) in [6.07, 6.45) is 2.70. The van der Waals surface area contributed by atoms with Gasteiger partial charge in [0, 0.05) is 48.2 Å². The molecule has 1 aromatic heterocycles. The fraction of sp³-hybridized carbons (Fsp3) is 0.500. The molecule has 3 N–H and O–H groups in total. The molecule has 2 aromatic rings. The van der Waals surface area contributed by atoms with Crippen molar-refractivity contribution in [3.8, 4) is 0 Å². The predicted octanol–water partition coefficient (Wildman–Crippen LogP) is 1.56. The van der Waals surface area contributed by atoms with Crippen molar-refractivity contribution in [1.29, 1.82) is 0 Å². The van der Waals surface area contributed by atoms with Gasteiger partial charge in [-0.25, -0.2) is 0 Å². The number of fused-ring (bicyclic) bond motifs is 3. The number of benzene rings is 1. The van der Waals surface area contributed by atoms with Crippen LogP contribution in [0, 0.1) is 12.8 Å². The van der Waals surface area contributed by atoms with Crippen LogP contribution in [0.1, 0.15) is 29.7 Å². The third kappa shape index (κ3) is 3.21. The predicted molar refractivity (Wildman–Crippen MR) is 101 cm³/mol. The van der Waals surface area contributed by atoms with Crippen molar-refractivity contribution in [2.24, 2.45) is 11.7 Å². The summed E-state index contributed by atoms with van der Waals surface area (Å²) in [5.41, 5.74) is 10.2. The number of nitrogens with zero attached hydrogens (tertiary/aromatic N) is 2. The fourth-order valence-electron chi connectivity index (χ4n) is 4.40. The second kappa shape index (κ2) is 6.76. The number of likely N-dealkylation sites (tertiary alicyclic amines) is 1. The van der Waals surface area contributed by atoms with Gasteiger partial charge >= 0.3 is 0 Å². The molecule has 26 heavy (non-hydrogen) atoms. The molecule has 2 aliphatic heterocycles. The highest BCUT2D eigenvalue weighted by atomic mass is 16.2. The van der Waals surface area contributed by atoms with Gasteiger partial charge < -0.3 is 15.6 Å². The van der Waals surface area contributed by atoms with Crippen molar-refractivity contribution in [2.45, 2.75) is 32.7 Å². The van der Waals surface area contributed by atoms with Crippen LogP contribution in [0.15, 0.2) is 18.2 Å². The summed E-state index contributed by atoms with van der Waals surface area (Å²) in [5, 5.41) is 1.23. The first-order chi connectivity index (χ1) is 12.5. The quantitative estimate of drug-likeness (QED) is 0.877. The lowest BCUT2D eigenvalue weighted by molar-refractivity contribution is -0.139. The fourth-order valence-corrected chi connectivity index (χ4v) is 4.40. The Kier molecular flexibility index (Phi) is 4.44. The van der Waals surface area contributed by atoms with Gasteiger partial charge in [-0.2, -0.15) is 0 Å². The first-order valence-electron chi connectivity index (χ1n) is 9.41. The minimum atomic E-state index is -0.324. The smallest absolute Gasteiger partial charge is 0.231 e. The second-order valence-electron chi connectivity index (χ2n) is 7.68. The van der Waals surface area contributed by atoms with Crippen molar-refractivity contribution in [2.75, 3.05) is 26.2 Å². The molecule has 0 saturated carbocycles. The Morgan fingerprint density at radius 2 is 2.15 bits per heavy atom. The number of hydrogen-bond donors (Lipinski definition) is 2. The maximum absolute atomic E-state index is 13.1. The van der Waals surface area contributed by atoms with Gasteiger partial charge in [-0.3, -0.25) is 14.5 Å². The minimum Gasteiger partial charge on any atom is -0.369 e. The number of amides is 2. The van der Waals surface area contributed by atoms with Gasteiger partial charge in [-0.05, 0) is 38.4 Å². The Balaban J connectivity index is 1.51. The number of carbonyl (C=O) groups excluding carboxylic acids is 2. The molecule has 0 radical (unpaired) electrons. The number of carbonyl (C=O) groups is 2. The van der Waals surface area contributed by atoms with Crippen LogP contribution in [0.3, 0.4) is 0 Å². The second-order valence-corrected chi connectivity index (χ2v) is 7.68. The maximum Gasteiger partial charge on any atom is 0.231 e. The molecular weight excluding hydrogens is 328 g/mol. The van der Waals surface area contributed by atoms with Crippen molar-refractivity contribution < 1.29 is 9.59 Å². The highest BCUT2D eigenvalue weighted by molar-refractivity contribution is 5.87. The largest absolute Gasteiger partial charge is 0.369 e.